The van der Waals surface area contributed by atoms with E-state index in [2.05, 4.69) is 12.2 Å². The highest BCUT2D eigenvalue weighted by Crippen LogP contribution is 2.17. The third-order valence-corrected chi connectivity index (χ3v) is 2.48. The topological polar surface area (TPSA) is 50.7 Å². The molecule has 0 spiro atoms. The maximum absolute atomic E-state index is 9.64. The summed E-state index contributed by atoms with van der Waals surface area (Å²) in [7, 11) is 0. The summed E-state index contributed by atoms with van der Waals surface area (Å²) in [4.78, 5) is 0. The van der Waals surface area contributed by atoms with Crippen LogP contribution in [-0.4, -0.2) is 37.6 Å². The van der Waals surface area contributed by atoms with E-state index in [1.807, 2.05) is 31.2 Å². The van der Waals surface area contributed by atoms with Gasteiger partial charge in [0.2, 0.25) is 0 Å². The van der Waals surface area contributed by atoms with Crippen LogP contribution in [0.25, 0.3) is 0 Å². The van der Waals surface area contributed by atoms with E-state index in [0.29, 0.717) is 13.2 Å². The minimum atomic E-state index is -0.586. The highest BCUT2D eigenvalue weighted by molar-refractivity contribution is 5.33. The van der Waals surface area contributed by atoms with E-state index in [1.54, 1.807) is 0 Å². The molecule has 1 atom stereocenters. The molecule has 0 fully saturated rings. The molecule has 4 nitrogen and oxygen atoms in total. The molecule has 0 aliphatic carbocycles. The van der Waals surface area contributed by atoms with Gasteiger partial charge >= 0.3 is 0 Å². The van der Waals surface area contributed by atoms with Gasteiger partial charge in [0.15, 0.2) is 0 Å². The lowest BCUT2D eigenvalue weighted by Gasteiger charge is -2.15. The van der Waals surface area contributed by atoms with Gasteiger partial charge in [-0.25, -0.2) is 0 Å². The van der Waals surface area contributed by atoms with Crippen molar-refractivity contribution in [3.05, 3.63) is 29.8 Å². The van der Waals surface area contributed by atoms with Crippen molar-refractivity contribution < 1.29 is 14.6 Å². The van der Waals surface area contributed by atoms with Crippen LogP contribution < -0.4 is 10.1 Å². The van der Waals surface area contributed by atoms with Crippen LogP contribution in [0.4, 0.5) is 0 Å². The van der Waals surface area contributed by atoms with Crippen LogP contribution in [0.1, 0.15) is 19.4 Å². The van der Waals surface area contributed by atoms with Gasteiger partial charge < -0.3 is 19.9 Å². The molecule has 0 aliphatic rings. The number of ether oxygens (including phenoxy) is 2. The van der Waals surface area contributed by atoms with E-state index in [1.165, 1.54) is 0 Å². The first-order valence-corrected chi connectivity index (χ1v) is 6.45. The molecular formula is C14H23NO3. The molecule has 4 heteroatoms. The van der Waals surface area contributed by atoms with Gasteiger partial charge in [-0.2, -0.15) is 0 Å². The summed E-state index contributed by atoms with van der Waals surface area (Å²) in [5.41, 5.74) is 1.10. The van der Waals surface area contributed by atoms with E-state index < -0.39 is 6.10 Å². The Morgan fingerprint density at radius 3 is 2.72 bits per heavy atom. The maximum atomic E-state index is 9.64. The first-order valence-electron chi connectivity index (χ1n) is 6.45. The van der Waals surface area contributed by atoms with Crippen LogP contribution >= 0.6 is 0 Å². The number of aliphatic hydroxyl groups excluding tert-OH is 1. The van der Waals surface area contributed by atoms with Gasteiger partial charge in [0, 0.05) is 18.7 Å². The number of benzene rings is 1. The number of nitrogens with one attached hydrogen (secondary N) is 1. The summed E-state index contributed by atoms with van der Waals surface area (Å²) >= 11 is 0. The zero-order valence-corrected chi connectivity index (χ0v) is 11.2. The second-order valence-electron chi connectivity index (χ2n) is 4.01. The molecule has 1 unspecified atom stereocenters. The number of para-hydroxylation sites is 1. The lowest BCUT2D eigenvalue weighted by atomic mass is 10.2. The van der Waals surface area contributed by atoms with E-state index >= 15 is 0 Å². The smallest absolute Gasteiger partial charge is 0.123 e. The molecule has 102 valence electrons. The zero-order valence-electron chi connectivity index (χ0n) is 11.2. The number of rotatable bonds is 9. The SMILES string of the molecule is CCNCc1ccccc1OCC(O)COCC. The highest BCUT2D eigenvalue weighted by atomic mass is 16.5. The van der Waals surface area contributed by atoms with Gasteiger partial charge in [0.05, 0.1) is 6.61 Å². The molecule has 0 heterocycles. The second kappa shape index (κ2) is 8.91. The van der Waals surface area contributed by atoms with Gasteiger partial charge in [-0.05, 0) is 19.5 Å². The fraction of sp³-hybridized carbons (Fsp3) is 0.571. The molecule has 0 radical (unpaired) electrons. The van der Waals surface area contributed by atoms with Crippen LogP contribution in [0, 0.1) is 0 Å². The minimum Gasteiger partial charge on any atom is -0.490 e. The van der Waals surface area contributed by atoms with Crippen molar-refractivity contribution in [1.29, 1.82) is 0 Å². The quantitative estimate of drug-likeness (QED) is 0.701. The fourth-order valence-electron chi connectivity index (χ4n) is 1.54. The molecule has 0 amide bonds. The van der Waals surface area contributed by atoms with Crippen LogP contribution in [-0.2, 0) is 11.3 Å². The fourth-order valence-corrected chi connectivity index (χ4v) is 1.54. The molecule has 2 N–H and O–H groups in total. The highest BCUT2D eigenvalue weighted by Gasteiger charge is 2.07. The van der Waals surface area contributed by atoms with E-state index in [4.69, 9.17) is 9.47 Å². The predicted octanol–water partition coefficient (Wildman–Crippen LogP) is 1.57. The first kappa shape index (κ1) is 15.0. The summed E-state index contributed by atoms with van der Waals surface area (Å²) in [5, 5.41) is 12.9. The molecule has 1 rings (SSSR count). The Balaban J connectivity index is 2.45. The molecule has 1 aromatic carbocycles. The Morgan fingerprint density at radius 2 is 2.00 bits per heavy atom. The first-order chi connectivity index (χ1) is 8.77. The molecule has 0 aromatic heterocycles. The average molecular weight is 253 g/mol. The summed E-state index contributed by atoms with van der Waals surface area (Å²) in [6.07, 6.45) is -0.586. The number of hydrogen-bond donors (Lipinski definition) is 2. The van der Waals surface area contributed by atoms with Gasteiger partial charge in [0.25, 0.3) is 0 Å². The molecule has 0 saturated carbocycles. The molecule has 0 saturated heterocycles. The average Bonchev–Trinajstić information content (AvgIpc) is 2.41. The zero-order chi connectivity index (χ0) is 13.2. The number of hydrogen-bond acceptors (Lipinski definition) is 4. The van der Waals surface area contributed by atoms with Crippen molar-refractivity contribution >= 4 is 0 Å². The van der Waals surface area contributed by atoms with Gasteiger partial charge in [0.1, 0.15) is 18.5 Å². The van der Waals surface area contributed by atoms with Gasteiger partial charge in [-0.15, -0.1) is 0 Å². The third-order valence-electron chi connectivity index (χ3n) is 2.48. The van der Waals surface area contributed by atoms with Crippen LogP contribution in [0.15, 0.2) is 24.3 Å². The Hall–Kier alpha value is -1.10. The molecule has 18 heavy (non-hydrogen) atoms. The monoisotopic (exact) mass is 253 g/mol. The normalized spacial score (nSPS) is 12.4. The largest absolute Gasteiger partial charge is 0.490 e. The summed E-state index contributed by atoms with van der Waals surface area (Å²) < 4.78 is 10.8. The van der Waals surface area contributed by atoms with Crippen molar-refractivity contribution in [3.8, 4) is 5.75 Å². The molecule has 0 bridgehead atoms. The van der Waals surface area contributed by atoms with Crippen LogP contribution in [0.5, 0.6) is 5.75 Å². The van der Waals surface area contributed by atoms with Crippen LogP contribution in [0.3, 0.4) is 0 Å². The second-order valence-corrected chi connectivity index (χ2v) is 4.01. The summed E-state index contributed by atoms with van der Waals surface area (Å²) in [6, 6.07) is 7.85. The van der Waals surface area contributed by atoms with Crippen molar-refractivity contribution in [1.82, 2.24) is 5.32 Å². The van der Waals surface area contributed by atoms with E-state index in [0.717, 1.165) is 24.4 Å². The summed E-state index contributed by atoms with van der Waals surface area (Å²) in [5.74, 6) is 0.814. The number of aliphatic hydroxyl groups is 1. The standard InChI is InChI=1S/C14H23NO3/c1-3-15-9-12-7-5-6-8-14(12)18-11-13(16)10-17-4-2/h5-8,13,15-16H,3-4,9-11H2,1-2H3. The maximum Gasteiger partial charge on any atom is 0.123 e. The van der Waals surface area contributed by atoms with Gasteiger partial charge in [-0.1, -0.05) is 25.1 Å². The van der Waals surface area contributed by atoms with Crippen molar-refractivity contribution in [2.45, 2.75) is 26.5 Å². The van der Waals surface area contributed by atoms with E-state index in [-0.39, 0.29) is 6.61 Å². The Morgan fingerprint density at radius 1 is 1.22 bits per heavy atom. The lowest BCUT2D eigenvalue weighted by molar-refractivity contribution is 0.0162. The van der Waals surface area contributed by atoms with Crippen molar-refractivity contribution in [2.75, 3.05) is 26.4 Å². The van der Waals surface area contributed by atoms with Crippen molar-refractivity contribution in [2.24, 2.45) is 0 Å². The Kier molecular flexibility index (Phi) is 7.41. The molecule has 1 aromatic rings. The lowest BCUT2D eigenvalue weighted by Crippen LogP contribution is -2.24. The minimum absolute atomic E-state index is 0.253. The third kappa shape index (κ3) is 5.49. The van der Waals surface area contributed by atoms with E-state index in [9.17, 15) is 5.11 Å². The molecule has 0 aliphatic heterocycles. The van der Waals surface area contributed by atoms with Crippen LogP contribution in [0.2, 0.25) is 0 Å². The van der Waals surface area contributed by atoms with Crippen molar-refractivity contribution in [3.63, 3.8) is 0 Å². The van der Waals surface area contributed by atoms with Gasteiger partial charge in [-0.3, -0.25) is 0 Å². The molecular weight excluding hydrogens is 230 g/mol. The Bertz CT molecular complexity index is 331. The Labute approximate surface area is 109 Å². The predicted molar refractivity (Wildman–Crippen MR) is 71.8 cm³/mol. The summed E-state index contributed by atoms with van der Waals surface area (Å²) in [6.45, 7) is 6.83.